The molecule has 2 amide bonds. The molecule has 5 N–H and O–H groups in total. The molecule has 10 heteroatoms. The summed E-state index contributed by atoms with van der Waals surface area (Å²) in [5.41, 5.74) is 10.9. The molecule has 44 heavy (non-hydrogen) atoms. The van der Waals surface area contributed by atoms with Crippen molar-refractivity contribution in [1.29, 1.82) is 0 Å². The highest BCUT2D eigenvalue weighted by Gasteiger charge is 2.30. The topological polar surface area (TPSA) is 142 Å². The molecule has 0 radical (unpaired) electrons. The van der Waals surface area contributed by atoms with Crippen molar-refractivity contribution in [3.8, 4) is 11.1 Å². The van der Waals surface area contributed by atoms with Crippen molar-refractivity contribution in [2.24, 2.45) is 23.5 Å². The number of amides is 2. The van der Waals surface area contributed by atoms with Crippen LogP contribution in [0, 0.1) is 17.8 Å². The molecule has 3 heterocycles. The summed E-state index contributed by atoms with van der Waals surface area (Å²) >= 11 is 0. The minimum Gasteiger partial charge on any atom is -0.338 e. The van der Waals surface area contributed by atoms with E-state index in [0.717, 1.165) is 85.8 Å². The first-order chi connectivity index (χ1) is 21.4. The highest BCUT2D eigenvalue weighted by Crippen LogP contribution is 2.32. The zero-order valence-corrected chi connectivity index (χ0v) is 25.1. The fourth-order valence-corrected chi connectivity index (χ4v) is 6.58. The predicted molar refractivity (Wildman–Crippen MR) is 171 cm³/mol. The average molecular weight is 596 g/mol. The summed E-state index contributed by atoms with van der Waals surface area (Å²) in [5, 5.41) is 9.21. The number of nitrogens with two attached hydrogens (primary N) is 1. The Balaban J connectivity index is 1.18. The van der Waals surface area contributed by atoms with Crippen LogP contribution in [0.2, 0.25) is 0 Å². The maximum absolute atomic E-state index is 13.7. The molecule has 1 aliphatic carbocycles. The molecule has 1 aromatic heterocycles. The minimum absolute atomic E-state index is 0.0269. The quantitative estimate of drug-likeness (QED) is 0.279. The van der Waals surface area contributed by atoms with Crippen molar-refractivity contribution in [2.75, 3.05) is 48.3 Å². The third-order valence-electron chi connectivity index (χ3n) is 9.24. The van der Waals surface area contributed by atoms with Crippen molar-refractivity contribution in [2.45, 2.75) is 44.9 Å². The largest absolute Gasteiger partial charge is 0.338 e. The monoisotopic (exact) mass is 595 g/mol. The van der Waals surface area contributed by atoms with Crippen LogP contribution in [0.5, 0.6) is 0 Å². The van der Waals surface area contributed by atoms with Gasteiger partial charge < -0.3 is 26.6 Å². The summed E-state index contributed by atoms with van der Waals surface area (Å²) in [5.74, 6) is 0.534. The SMILES string of the molecule is NCC1CCC(C(=O)C[C@@H](Cc2cccc(-c3cnc(N4CCNCC4)nc3)c2)C(=O)Nc2ccc3c(c2)NC(=O)C3)CC1. The maximum Gasteiger partial charge on any atom is 0.228 e. The molecule has 2 fully saturated rings. The molecule has 1 saturated carbocycles. The highest BCUT2D eigenvalue weighted by molar-refractivity contribution is 6.01. The van der Waals surface area contributed by atoms with Gasteiger partial charge >= 0.3 is 0 Å². The second kappa shape index (κ2) is 13.7. The Morgan fingerprint density at radius 2 is 1.77 bits per heavy atom. The number of ketones is 1. The summed E-state index contributed by atoms with van der Waals surface area (Å²) in [4.78, 5) is 50.5. The number of nitrogens with zero attached hydrogens (tertiary/aromatic N) is 3. The average Bonchev–Trinajstić information content (AvgIpc) is 3.44. The standard InChI is InChI=1S/C34H41N7O3/c35-19-22-4-6-24(7-5-22)31(42)16-27(33(44)39-29-9-8-26-17-32(43)40-30(26)18-29)15-23-2-1-3-25(14-23)28-20-37-34(38-21-28)41-12-10-36-11-13-41/h1-3,8-9,14,18,20-22,24,27,36H,4-7,10-13,15-17,19,35H2,(H,39,44)(H,40,43)/t22?,24?,27-/m1/s1. The summed E-state index contributed by atoms with van der Waals surface area (Å²) in [6, 6.07) is 13.5. The van der Waals surface area contributed by atoms with E-state index in [0.29, 0.717) is 31.0 Å². The number of carbonyl (C=O) groups is 3. The van der Waals surface area contributed by atoms with Gasteiger partial charge in [-0.2, -0.15) is 0 Å². The van der Waals surface area contributed by atoms with E-state index in [1.165, 1.54) is 0 Å². The minimum atomic E-state index is -0.542. The van der Waals surface area contributed by atoms with Gasteiger partial charge in [-0.15, -0.1) is 0 Å². The number of benzene rings is 2. The second-order valence-electron chi connectivity index (χ2n) is 12.3. The maximum atomic E-state index is 13.7. The van der Waals surface area contributed by atoms with E-state index >= 15 is 0 Å². The van der Waals surface area contributed by atoms with Crippen LogP contribution in [-0.2, 0) is 27.2 Å². The molecule has 1 saturated heterocycles. The van der Waals surface area contributed by atoms with Crippen molar-refractivity contribution in [1.82, 2.24) is 15.3 Å². The van der Waals surface area contributed by atoms with Gasteiger partial charge in [0.25, 0.3) is 0 Å². The van der Waals surface area contributed by atoms with Gasteiger partial charge in [0.1, 0.15) is 5.78 Å². The Morgan fingerprint density at radius 3 is 2.52 bits per heavy atom. The first-order valence-electron chi connectivity index (χ1n) is 15.8. The van der Waals surface area contributed by atoms with Crippen LogP contribution in [-0.4, -0.2) is 60.3 Å². The first kappa shape index (κ1) is 29.9. The number of nitrogens with one attached hydrogen (secondary N) is 3. The van der Waals surface area contributed by atoms with E-state index in [9.17, 15) is 14.4 Å². The summed E-state index contributed by atoms with van der Waals surface area (Å²) < 4.78 is 0. The van der Waals surface area contributed by atoms with Crippen LogP contribution in [0.4, 0.5) is 17.3 Å². The van der Waals surface area contributed by atoms with E-state index in [4.69, 9.17) is 5.73 Å². The lowest BCUT2D eigenvalue weighted by atomic mass is 9.77. The number of carbonyl (C=O) groups excluding carboxylic acids is 3. The van der Waals surface area contributed by atoms with Gasteiger partial charge in [0.2, 0.25) is 17.8 Å². The summed E-state index contributed by atoms with van der Waals surface area (Å²) in [7, 11) is 0. The number of hydrogen-bond acceptors (Lipinski definition) is 8. The Morgan fingerprint density at radius 1 is 1.00 bits per heavy atom. The van der Waals surface area contributed by atoms with Crippen molar-refractivity contribution in [3.63, 3.8) is 0 Å². The number of rotatable bonds is 10. The number of hydrogen-bond donors (Lipinski definition) is 4. The van der Waals surface area contributed by atoms with Gasteiger partial charge in [-0.25, -0.2) is 9.97 Å². The van der Waals surface area contributed by atoms with Crippen LogP contribution in [0.1, 0.15) is 43.2 Å². The highest BCUT2D eigenvalue weighted by atomic mass is 16.2. The number of anilines is 3. The number of Topliss-reactive ketones (excluding diaryl/α,β-unsaturated/α-hetero) is 1. The van der Waals surface area contributed by atoms with E-state index < -0.39 is 5.92 Å². The third-order valence-corrected chi connectivity index (χ3v) is 9.24. The molecule has 0 bridgehead atoms. The number of fused-ring (bicyclic) bond motifs is 1. The van der Waals surface area contributed by atoms with E-state index in [-0.39, 0.29) is 29.9 Å². The zero-order chi connectivity index (χ0) is 30.5. The summed E-state index contributed by atoms with van der Waals surface area (Å²) in [6.07, 6.45) is 8.22. The fourth-order valence-electron chi connectivity index (χ4n) is 6.58. The molecule has 1 atom stereocenters. The smallest absolute Gasteiger partial charge is 0.228 e. The molecule has 0 unspecified atom stereocenters. The molecular formula is C34H41N7O3. The van der Waals surface area contributed by atoms with Crippen molar-refractivity contribution < 1.29 is 14.4 Å². The van der Waals surface area contributed by atoms with Gasteiger partial charge in [-0.05, 0) is 73.4 Å². The molecule has 10 nitrogen and oxygen atoms in total. The fraction of sp³-hybridized carbons (Fsp3) is 0.441. The third kappa shape index (κ3) is 7.14. The molecule has 230 valence electrons. The molecule has 3 aliphatic rings. The predicted octanol–water partition coefficient (Wildman–Crippen LogP) is 3.57. The van der Waals surface area contributed by atoms with Gasteiger partial charge in [0, 0.05) is 73.8 Å². The van der Waals surface area contributed by atoms with Crippen LogP contribution >= 0.6 is 0 Å². The van der Waals surface area contributed by atoms with Gasteiger partial charge in [0.15, 0.2) is 0 Å². The first-order valence-corrected chi connectivity index (χ1v) is 15.8. The lowest BCUT2D eigenvalue weighted by Crippen LogP contribution is -2.44. The second-order valence-corrected chi connectivity index (χ2v) is 12.3. The lowest BCUT2D eigenvalue weighted by Gasteiger charge is -2.28. The van der Waals surface area contributed by atoms with E-state index in [1.807, 2.05) is 42.7 Å². The van der Waals surface area contributed by atoms with E-state index in [2.05, 4.69) is 36.9 Å². The lowest BCUT2D eigenvalue weighted by molar-refractivity contribution is -0.129. The number of piperazine rings is 1. The zero-order valence-electron chi connectivity index (χ0n) is 25.1. The van der Waals surface area contributed by atoms with Gasteiger partial charge in [0.05, 0.1) is 6.42 Å². The number of aromatic nitrogens is 2. The van der Waals surface area contributed by atoms with Crippen LogP contribution in [0.15, 0.2) is 54.9 Å². The summed E-state index contributed by atoms with van der Waals surface area (Å²) in [6.45, 7) is 4.26. The Bertz CT molecular complexity index is 1490. The van der Waals surface area contributed by atoms with Crippen LogP contribution in [0.25, 0.3) is 11.1 Å². The Hall–Kier alpha value is -4.15. The normalized spacial score (nSPS) is 20.5. The van der Waals surface area contributed by atoms with Gasteiger partial charge in [-0.3, -0.25) is 14.4 Å². The molecule has 2 aromatic carbocycles. The van der Waals surface area contributed by atoms with Crippen LogP contribution in [0.3, 0.4) is 0 Å². The van der Waals surface area contributed by atoms with Crippen LogP contribution < -0.4 is 26.6 Å². The Kier molecular flexibility index (Phi) is 9.28. The van der Waals surface area contributed by atoms with Crippen molar-refractivity contribution in [3.05, 3.63) is 66.0 Å². The van der Waals surface area contributed by atoms with Crippen molar-refractivity contribution >= 4 is 34.9 Å². The molecule has 2 aliphatic heterocycles. The van der Waals surface area contributed by atoms with E-state index in [1.54, 1.807) is 6.07 Å². The van der Waals surface area contributed by atoms with Gasteiger partial charge in [-0.1, -0.05) is 30.3 Å². The molecule has 3 aromatic rings. The molecule has 6 rings (SSSR count). The molecule has 0 spiro atoms. The molecular weight excluding hydrogens is 554 g/mol. The Labute approximate surface area is 258 Å².